The van der Waals surface area contributed by atoms with E-state index in [4.69, 9.17) is 4.74 Å². The number of fused-ring (bicyclic) bond motifs is 1. The fourth-order valence-electron chi connectivity index (χ4n) is 2.86. The second kappa shape index (κ2) is 2.60. The summed E-state index contributed by atoms with van der Waals surface area (Å²) in [5.41, 5.74) is 0.317. The van der Waals surface area contributed by atoms with Gasteiger partial charge in [0.1, 0.15) is 5.60 Å². The number of aliphatic hydroxyl groups excluding tert-OH is 1. The van der Waals surface area contributed by atoms with Gasteiger partial charge in [0, 0.05) is 12.5 Å². The van der Waals surface area contributed by atoms with Crippen LogP contribution in [0.15, 0.2) is 11.6 Å². The van der Waals surface area contributed by atoms with Crippen molar-refractivity contribution >= 4 is 5.97 Å². The maximum absolute atomic E-state index is 11.2. The Hall–Kier alpha value is -0.830. The highest BCUT2D eigenvalue weighted by Crippen LogP contribution is 2.49. The Morgan fingerprint density at radius 1 is 1.43 bits per heavy atom. The monoisotopic (exact) mass is 196 g/mol. The molecule has 2 rings (SSSR count). The van der Waals surface area contributed by atoms with E-state index in [0.717, 1.165) is 5.57 Å². The van der Waals surface area contributed by atoms with Crippen molar-refractivity contribution in [3.05, 3.63) is 11.6 Å². The van der Waals surface area contributed by atoms with Gasteiger partial charge in [-0.1, -0.05) is 13.8 Å². The van der Waals surface area contributed by atoms with Crippen LogP contribution < -0.4 is 0 Å². The number of aliphatic hydroxyl groups is 1. The van der Waals surface area contributed by atoms with Crippen molar-refractivity contribution in [2.75, 3.05) is 0 Å². The lowest BCUT2D eigenvalue weighted by Crippen LogP contribution is -2.44. The van der Waals surface area contributed by atoms with Crippen LogP contribution >= 0.6 is 0 Å². The van der Waals surface area contributed by atoms with Crippen LogP contribution in [0.2, 0.25) is 0 Å². The predicted octanol–water partition coefficient (Wildman–Crippen LogP) is 1.41. The van der Waals surface area contributed by atoms with Crippen molar-refractivity contribution in [2.24, 2.45) is 5.41 Å². The molecule has 1 N–H and O–H groups in total. The lowest BCUT2D eigenvalue weighted by atomic mass is 9.65. The summed E-state index contributed by atoms with van der Waals surface area (Å²) in [6.07, 6.45) is 2.43. The first-order chi connectivity index (χ1) is 6.33. The maximum atomic E-state index is 11.2. The summed E-state index contributed by atoms with van der Waals surface area (Å²) < 4.78 is 5.27. The van der Waals surface area contributed by atoms with Gasteiger partial charge in [-0.05, 0) is 24.3 Å². The van der Waals surface area contributed by atoms with Crippen LogP contribution in [0.25, 0.3) is 0 Å². The van der Waals surface area contributed by atoms with Crippen LogP contribution in [-0.4, -0.2) is 22.8 Å². The predicted molar refractivity (Wildman–Crippen MR) is 51.6 cm³/mol. The van der Waals surface area contributed by atoms with E-state index in [1.54, 1.807) is 6.08 Å². The van der Waals surface area contributed by atoms with E-state index in [2.05, 4.69) is 0 Å². The second-order valence-corrected chi connectivity index (χ2v) is 5.16. The smallest absolute Gasteiger partial charge is 0.331 e. The minimum absolute atomic E-state index is 0.140. The van der Waals surface area contributed by atoms with Crippen LogP contribution in [0.3, 0.4) is 0 Å². The summed E-state index contributed by atoms with van der Waals surface area (Å²) in [5, 5.41) is 9.72. The normalized spacial score (nSPS) is 40.1. The largest absolute Gasteiger partial charge is 0.452 e. The number of carbonyl (C=O) groups is 1. The van der Waals surface area contributed by atoms with Gasteiger partial charge in [0.2, 0.25) is 0 Å². The molecule has 0 aromatic rings. The second-order valence-electron chi connectivity index (χ2n) is 5.16. The van der Waals surface area contributed by atoms with E-state index >= 15 is 0 Å². The molecule has 0 unspecified atom stereocenters. The van der Waals surface area contributed by atoms with Gasteiger partial charge in [0.05, 0.1) is 6.10 Å². The van der Waals surface area contributed by atoms with E-state index < -0.39 is 5.60 Å². The van der Waals surface area contributed by atoms with Crippen molar-refractivity contribution in [3.63, 3.8) is 0 Å². The van der Waals surface area contributed by atoms with Gasteiger partial charge >= 0.3 is 5.97 Å². The highest BCUT2D eigenvalue weighted by molar-refractivity contribution is 5.87. The molecule has 1 saturated carbocycles. The zero-order valence-electron chi connectivity index (χ0n) is 8.83. The molecule has 3 heteroatoms. The van der Waals surface area contributed by atoms with Gasteiger partial charge in [0.15, 0.2) is 0 Å². The first kappa shape index (κ1) is 9.71. The maximum Gasteiger partial charge on any atom is 0.331 e. The molecular formula is C11H16O3. The first-order valence-electron chi connectivity index (χ1n) is 4.97. The van der Waals surface area contributed by atoms with E-state index in [-0.39, 0.29) is 17.5 Å². The van der Waals surface area contributed by atoms with Crippen molar-refractivity contribution in [3.8, 4) is 0 Å². The molecule has 1 aliphatic heterocycles. The van der Waals surface area contributed by atoms with Gasteiger partial charge in [0.25, 0.3) is 0 Å². The Balaban J connectivity index is 2.43. The number of carbonyl (C=O) groups excluding carboxylic acids is 1. The van der Waals surface area contributed by atoms with E-state index in [9.17, 15) is 9.90 Å². The van der Waals surface area contributed by atoms with Crippen molar-refractivity contribution in [1.29, 1.82) is 0 Å². The summed E-state index contributed by atoms with van der Waals surface area (Å²) in [6.45, 7) is 5.97. The quantitative estimate of drug-likeness (QED) is 0.596. The Kier molecular flexibility index (Phi) is 1.80. The summed E-state index contributed by atoms with van der Waals surface area (Å²) >= 11 is 0. The minimum atomic E-state index is -0.571. The molecule has 0 aromatic carbocycles. The molecule has 0 saturated heterocycles. The molecule has 2 aliphatic rings. The van der Waals surface area contributed by atoms with Crippen molar-refractivity contribution in [1.82, 2.24) is 0 Å². The van der Waals surface area contributed by atoms with E-state index in [1.807, 2.05) is 20.8 Å². The Bertz CT molecular complexity index is 316. The van der Waals surface area contributed by atoms with Crippen LogP contribution in [0.5, 0.6) is 0 Å². The average molecular weight is 196 g/mol. The molecule has 0 radical (unpaired) electrons. The van der Waals surface area contributed by atoms with Gasteiger partial charge in [-0.15, -0.1) is 0 Å². The molecule has 0 bridgehead atoms. The molecule has 78 valence electrons. The third-order valence-corrected chi connectivity index (χ3v) is 3.26. The minimum Gasteiger partial charge on any atom is -0.452 e. The molecule has 0 spiro atoms. The number of hydrogen-bond acceptors (Lipinski definition) is 3. The molecule has 1 heterocycles. The lowest BCUT2D eigenvalue weighted by molar-refractivity contribution is -0.149. The zero-order valence-corrected chi connectivity index (χ0v) is 8.83. The Labute approximate surface area is 83.8 Å². The number of esters is 1. The Morgan fingerprint density at radius 3 is 2.71 bits per heavy atom. The molecular weight excluding hydrogens is 180 g/mol. The van der Waals surface area contributed by atoms with Gasteiger partial charge in [-0.3, -0.25) is 0 Å². The van der Waals surface area contributed by atoms with Gasteiger partial charge in [-0.25, -0.2) is 4.79 Å². The SMILES string of the molecule is CC1(C)C[C@@H](O)C[C@]2(C)OC(=O)C=C12. The lowest BCUT2D eigenvalue weighted by Gasteiger charge is -2.43. The molecule has 14 heavy (non-hydrogen) atoms. The summed E-state index contributed by atoms with van der Waals surface area (Å²) in [5.74, 6) is -0.273. The molecule has 1 fully saturated rings. The van der Waals surface area contributed by atoms with Gasteiger partial charge in [-0.2, -0.15) is 0 Å². The van der Waals surface area contributed by atoms with Crippen molar-refractivity contribution in [2.45, 2.75) is 45.3 Å². The van der Waals surface area contributed by atoms with Gasteiger partial charge < -0.3 is 9.84 Å². The molecule has 0 aromatic heterocycles. The number of rotatable bonds is 0. The highest BCUT2D eigenvalue weighted by atomic mass is 16.6. The molecule has 2 atom stereocenters. The molecule has 0 amide bonds. The number of ether oxygens (including phenoxy) is 1. The zero-order chi connectivity index (χ0) is 10.6. The third-order valence-electron chi connectivity index (χ3n) is 3.26. The highest BCUT2D eigenvalue weighted by Gasteiger charge is 2.50. The van der Waals surface area contributed by atoms with E-state index in [1.165, 1.54) is 0 Å². The topological polar surface area (TPSA) is 46.5 Å². The Morgan fingerprint density at radius 2 is 2.07 bits per heavy atom. The van der Waals surface area contributed by atoms with Crippen LogP contribution in [0.1, 0.15) is 33.6 Å². The summed E-state index contributed by atoms with van der Waals surface area (Å²) in [4.78, 5) is 11.2. The van der Waals surface area contributed by atoms with Crippen LogP contribution in [0, 0.1) is 5.41 Å². The summed E-state index contributed by atoms with van der Waals surface area (Å²) in [7, 11) is 0. The first-order valence-corrected chi connectivity index (χ1v) is 4.97. The average Bonchev–Trinajstić information content (AvgIpc) is 2.22. The van der Waals surface area contributed by atoms with Crippen LogP contribution in [-0.2, 0) is 9.53 Å². The van der Waals surface area contributed by atoms with Crippen LogP contribution in [0.4, 0.5) is 0 Å². The fourth-order valence-corrected chi connectivity index (χ4v) is 2.86. The molecule has 1 aliphatic carbocycles. The fraction of sp³-hybridized carbons (Fsp3) is 0.727. The van der Waals surface area contributed by atoms with E-state index in [0.29, 0.717) is 12.8 Å². The molecule has 3 nitrogen and oxygen atoms in total. The number of hydrogen-bond donors (Lipinski definition) is 1. The standard InChI is InChI=1S/C11H16O3/c1-10(2)5-7(12)6-11(3)8(10)4-9(13)14-11/h4,7,12H,5-6H2,1-3H3/t7-,11+/m1/s1. The van der Waals surface area contributed by atoms with Crippen molar-refractivity contribution < 1.29 is 14.6 Å². The summed E-state index contributed by atoms with van der Waals surface area (Å²) in [6, 6.07) is 0. The third kappa shape index (κ3) is 1.27.